The van der Waals surface area contributed by atoms with Gasteiger partial charge >= 0.3 is 5.97 Å². The number of fused-ring (bicyclic) bond motifs is 1. The van der Waals surface area contributed by atoms with E-state index in [1.54, 1.807) is 0 Å². The Balaban J connectivity index is 1.83. The molecule has 136 valence electrons. The number of rotatable bonds is 5. The molecule has 1 aliphatic heterocycles. The van der Waals surface area contributed by atoms with Crippen LogP contribution in [-0.2, 0) is 14.3 Å². The molecule has 0 unspecified atom stereocenters. The fourth-order valence-electron chi connectivity index (χ4n) is 3.95. The van der Waals surface area contributed by atoms with Gasteiger partial charge in [0.05, 0.1) is 18.6 Å². The molecule has 2 aliphatic rings. The first-order valence-corrected chi connectivity index (χ1v) is 8.72. The maximum Gasteiger partial charge on any atom is 0.330 e. The van der Waals surface area contributed by atoms with Gasteiger partial charge in [-0.05, 0) is 19.4 Å². The van der Waals surface area contributed by atoms with E-state index in [9.17, 15) is 14.7 Å². The van der Waals surface area contributed by atoms with Gasteiger partial charge in [0.2, 0.25) is 5.91 Å². The first kappa shape index (κ1) is 17.7. The highest BCUT2D eigenvalue weighted by Crippen LogP contribution is 2.52. The maximum absolute atomic E-state index is 13.0. The summed E-state index contributed by atoms with van der Waals surface area (Å²) in [6, 6.07) is 7.42. The van der Waals surface area contributed by atoms with Crippen LogP contribution in [0.2, 0.25) is 0 Å². The minimum atomic E-state index is -1.31. The van der Waals surface area contributed by atoms with Crippen LogP contribution in [0, 0.1) is 5.41 Å². The van der Waals surface area contributed by atoms with Crippen molar-refractivity contribution in [3.05, 3.63) is 29.8 Å². The molecule has 0 saturated heterocycles. The molecule has 1 aromatic carbocycles. The zero-order valence-corrected chi connectivity index (χ0v) is 14.9. The summed E-state index contributed by atoms with van der Waals surface area (Å²) in [5, 5.41) is 12.7. The van der Waals surface area contributed by atoms with Crippen molar-refractivity contribution in [3.63, 3.8) is 0 Å². The van der Waals surface area contributed by atoms with Crippen LogP contribution < -0.4 is 10.1 Å². The standard InChI is InChI=1S/C19H25NO5/c1-4-24-15-11-19(17(22)23,18(15,2)3)20-16(21)13-9-10-25-14-8-6-5-7-12(13)14/h5-8,13,15H,4,9-11H2,1-3H3,(H,20,21)(H,22,23)/t13-,15-,19-/m1/s1. The largest absolute Gasteiger partial charge is 0.493 e. The molecule has 6 heteroatoms. The number of hydrogen-bond acceptors (Lipinski definition) is 4. The molecule has 1 amide bonds. The SMILES string of the molecule is CCO[C@@H]1C[C@@](NC(=O)[C@@H]2CCOc3ccccc32)(C(=O)O)C1(C)C. The van der Waals surface area contributed by atoms with E-state index >= 15 is 0 Å². The Hall–Kier alpha value is -2.08. The van der Waals surface area contributed by atoms with E-state index in [1.807, 2.05) is 45.0 Å². The number of carboxylic acids is 1. The summed E-state index contributed by atoms with van der Waals surface area (Å²) in [4.78, 5) is 25.0. The minimum absolute atomic E-state index is 0.184. The number of aliphatic carboxylic acids is 1. The van der Waals surface area contributed by atoms with E-state index in [2.05, 4.69) is 5.32 Å². The summed E-state index contributed by atoms with van der Waals surface area (Å²) < 4.78 is 11.2. The first-order valence-electron chi connectivity index (χ1n) is 8.72. The Bertz CT molecular complexity index is 686. The Kier molecular flexibility index (Phi) is 4.49. The highest BCUT2D eigenvalue weighted by atomic mass is 16.5. The maximum atomic E-state index is 13.0. The quantitative estimate of drug-likeness (QED) is 0.854. The second-order valence-corrected chi connectivity index (χ2v) is 7.30. The summed E-state index contributed by atoms with van der Waals surface area (Å²) in [6.07, 6.45) is 0.629. The number of nitrogens with one attached hydrogen (secondary N) is 1. The van der Waals surface area contributed by atoms with Crippen molar-refractivity contribution >= 4 is 11.9 Å². The van der Waals surface area contributed by atoms with Crippen molar-refractivity contribution in [2.45, 2.75) is 51.2 Å². The van der Waals surface area contributed by atoms with E-state index in [4.69, 9.17) is 9.47 Å². The molecule has 0 radical (unpaired) electrons. The van der Waals surface area contributed by atoms with Gasteiger partial charge in [-0.3, -0.25) is 4.79 Å². The number of para-hydroxylation sites is 1. The van der Waals surface area contributed by atoms with Gasteiger partial charge in [0.25, 0.3) is 0 Å². The Morgan fingerprint density at radius 1 is 1.36 bits per heavy atom. The van der Waals surface area contributed by atoms with Gasteiger partial charge in [0.15, 0.2) is 0 Å². The molecule has 3 atom stereocenters. The highest BCUT2D eigenvalue weighted by molar-refractivity contribution is 5.92. The van der Waals surface area contributed by atoms with Crippen LogP contribution >= 0.6 is 0 Å². The summed E-state index contributed by atoms with van der Waals surface area (Å²) in [6.45, 7) is 6.52. The smallest absolute Gasteiger partial charge is 0.330 e. The normalized spacial score (nSPS) is 29.7. The third-order valence-electron chi connectivity index (χ3n) is 5.74. The molecular formula is C19H25NO5. The van der Waals surface area contributed by atoms with Gasteiger partial charge in [-0.25, -0.2) is 4.79 Å². The van der Waals surface area contributed by atoms with Crippen LogP contribution in [0.4, 0.5) is 0 Å². The molecule has 1 fully saturated rings. The van der Waals surface area contributed by atoms with Crippen molar-refractivity contribution in [2.75, 3.05) is 13.2 Å². The average molecular weight is 347 g/mol. The van der Waals surface area contributed by atoms with E-state index < -0.39 is 22.8 Å². The van der Waals surface area contributed by atoms with Gasteiger partial charge in [-0.1, -0.05) is 32.0 Å². The monoisotopic (exact) mass is 347 g/mol. The van der Waals surface area contributed by atoms with Crippen molar-refractivity contribution < 1.29 is 24.2 Å². The molecule has 25 heavy (non-hydrogen) atoms. The van der Waals surface area contributed by atoms with Crippen LogP contribution in [0.1, 0.15) is 45.1 Å². The molecule has 6 nitrogen and oxygen atoms in total. The number of benzene rings is 1. The lowest BCUT2D eigenvalue weighted by molar-refractivity contribution is -0.195. The lowest BCUT2D eigenvalue weighted by Gasteiger charge is -2.58. The molecule has 1 aliphatic carbocycles. The fraction of sp³-hybridized carbons (Fsp3) is 0.579. The van der Waals surface area contributed by atoms with E-state index in [0.29, 0.717) is 25.4 Å². The van der Waals surface area contributed by atoms with Crippen LogP contribution in [0.25, 0.3) is 0 Å². The van der Waals surface area contributed by atoms with Crippen molar-refractivity contribution in [3.8, 4) is 5.75 Å². The summed E-state index contributed by atoms with van der Waals surface area (Å²) in [5.74, 6) is -0.982. The zero-order valence-electron chi connectivity index (χ0n) is 14.9. The van der Waals surface area contributed by atoms with Gasteiger partial charge in [0, 0.05) is 24.0 Å². The van der Waals surface area contributed by atoms with Gasteiger partial charge in [0.1, 0.15) is 11.3 Å². The second-order valence-electron chi connectivity index (χ2n) is 7.30. The molecular weight excluding hydrogens is 322 g/mol. The molecule has 1 heterocycles. The Morgan fingerprint density at radius 3 is 2.72 bits per heavy atom. The predicted octanol–water partition coefficient (Wildman–Crippen LogP) is 2.33. The predicted molar refractivity (Wildman–Crippen MR) is 91.6 cm³/mol. The lowest BCUT2D eigenvalue weighted by atomic mass is 9.54. The summed E-state index contributed by atoms with van der Waals surface area (Å²) >= 11 is 0. The Labute approximate surface area is 147 Å². The molecule has 1 saturated carbocycles. The van der Waals surface area contributed by atoms with Crippen LogP contribution in [0.5, 0.6) is 5.75 Å². The van der Waals surface area contributed by atoms with Crippen molar-refractivity contribution in [1.29, 1.82) is 0 Å². The second kappa shape index (κ2) is 6.33. The van der Waals surface area contributed by atoms with Crippen LogP contribution in [0.3, 0.4) is 0 Å². The molecule has 2 N–H and O–H groups in total. The number of amides is 1. The Morgan fingerprint density at radius 2 is 2.08 bits per heavy atom. The number of ether oxygens (including phenoxy) is 2. The van der Waals surface area contributed by atoms with Gasteiger partial charge in [-0.2, -0.15) is 0 Å². The molecule has 0 spiro atoms. The van der Waals surface area contributed by atoms with Crippen LogP contribution in [-0.4, -0.2) is 41.8 Å². The summed E-state index contributed by atoms with van der Waals surface area (Å²) in [5.41, 5.74) is -1.18. The van der Waals surface area contributed by atoms with Crippen molar-refractivity contribution in [1.82, 2.24) is 5.32 Å². The van der Waals surface area contributed by atoms with Gasteiger partial charge < -0.3 is 19.9 Å². The van der Waals surface area contributed by atoms with Crippen LogP contribution in [0.15, 0.2) is 24.3 Å². The third kappa shape index (κ3) is 2.68. The third-order valence-corrected chi connectivity index (χ3v) is 5.74. The van der Waals surface area contributed by atoms with E-state index in [-0.39, 0.29) is 18.4 Å². The molecule has 0 bridgehead atoms. The first-order chi connectivity index (χ1) is 11.8. The summed E-state index contributed by atoms with van der Waals surface area (Å²) in [7, 11) is 0. The van der Waals surface area contributed by atoms with Crippen molar-refractivity contribution in [2.24, 2.45) is 5.41 Å². The fourth-order valence-corrected chi connectivity index (χ4v) is 3.95. The molecule has 1 aromatic rings. The number of hydrogen-bond donors (Lipinski definition) is 2. The average Bonchev–Trinajstić information content (AvgIpc) is 2.59. The van der Waals surface area contributed by atoms with E-state index in [0.717, 1.165) is 5.56 Å². The minimum Gasteiger partial charge on any atom is -0.493 e. The molecule has 0 aromatic heterocycles. The zero-order chi connectivity index (χ0) is 18.2. The van der Waals surface area contributed by atoms with Gasteiger partial charge in [-0.15, -0.1) is 0 Å². The lowest BCUT2D eigenvalue weighted by Crippen LogP contribution is -2.76. The van der Waals surface area contributed by atoms with E-state index in [1.165, 1.54) is 0 Å². The number of carbonyl (C=O) groups is 2. The molecule has 3 rings (SSSR count). The number of carbonyl (C=O) groups excluding carboxylic acids is 1. The topological polar surface area (TPSA) is 84.9 Å². The highest BCUT2D eigenvalue weighted by Gasteiger charge is 2.66. The number of carboxylic acid groups (broad SMARTS) is 1.